The van der Waals surface area contributed by atoms with Crippen molar-refractivity contribution in [1.29, 1.82) is 0 Å². The summed E-state index contributed by atoms with van der Waals surface area (Å²) in [6.07, 6.45) is 1.32. The molecule has 0 unspecified atom stereocenters. The van der Waals surface area contributed by atoms with Crippen molar-refractivity contribution in [2.45, 2.75) is 33.2 Å². The average molecular weight is 333 g/mol. The van der Waals surface area contributed by atoms with E-state index in [-0.39, 0.29) is 11.3 Å². The van der Waals surface area contributed by atoms with Gasteiger partial charge in [-0.3, -0.25) is 4.79 Å². The highest BCUT2D eigenvalue weighted by Gasteiger charge is 2.21. The molecule has 0 amide bonds. The fraction of sp³-hybridized carbons (Fsp3) is 0.294. The molecule has 0 aliphatic heterocycles. The van der Waals surface area contributed by atoms with Gasteiger partial charge in [0.1, 0.15) is 17.3 Å². The molecule has 0 saturated carbocycles. The average Bonchev–Trinajstić information content (AvgIpc) is 2.90. The number of aromatic amines is 1. The minimum atomic E-state index is -0.863. The van der Waals surface area contributed by atoms with E-state index in [2.05, 4.69) is 10.1 Å². The number of nitrogens with zero attached hydrogens (tertiary/aromatic N) is 2. The molecule has 7 heteroatoms. The molecular weight excluding hydrogens is 316 g/mol. The summed E-state index contributed by atoms with van der Waals surface area (Å²) >= 11 is 0. The smallest absolute Gasteiger partial charge is 0.235 e. The zero-order valence-electron chi connectivity index (χ0n) is 13.4. The lowest BCUT2D eigenvalue weighted by Crippen LogP contribution is -2.08. The highest BCUT2D eigenvalue weighted by Crippen LogP contribution is 2.30. The Morgan fingerprint density at radius 1 is 1.29 bits per heavy atom. The number of rotatable bonds is 4. The number of nitrogens with one attached hydrogen (secondary N) is 1. The Hall–Kier alpha value is -2.70. The molecule has 2 aromatic heterocycles. The van der Waals surface area contributed by atoms with Crippen LogP contribution in [0.4, 0.5) is 8.78 Å². The molecule has 0 fully saturated rings. The van der Waals surface area contributed by atoms with Gasteiger partial charge in [0.25, 0.3) is 0 Å². The molecule has 2 N–H and O–H groups in total. The zero-order chi connectivity index (χ0) is 17.4. The van der Waals surface area contributed by atoms with Crippen LogP contribution in [-0.4, -0.2) is 19.9 Å². The molecule has 2 heterocycles. The quantitative estimate of drug-likeness (QED) is 0.769. The Kier molecular flexibility index (Phi) is 4.09. The Bertz CT molecular complexity index is 976. The van der Waals surface area contributed by atoms with Gasteiger partial charge in [-0.1, -0.05) is 13.8 Å². The summed E-state index contributed by atoms with van der Waals surface area (Å²) in [5, 5.41) is 15.0. The van der Waals surface area contributed by atoms with Crippen LogP contribution in [0.1, 0.15) is 26.0 Å². The van der Waals surface area contributed by atoms with Gasteiger partial charge >= 0.3 is 0 Å². The van der Waals surface area contributed by atoms with Crippen LogP contribution in [-0.2, 0) is 13.0 Å². The fourth-order valence-electron chi connectivity index (χ4n) is 2.79. The maximum Gasteiger partial charge on any atom is 0.235 e. The number of hydrogen-bond donors (Lipinski definition) is 2. The fourth-order valence-corrected chi connectivity index (χ4v) is 2.79. The van der Waals surface area contributed by atoms with Crippen LogP contribution in [0, 0.1) is 11.6 Å². The van der Waals surface area contributed by atoms with Crippen molar-refractivity contribution in [1.82, 2.24) is 14.8 Å². The van der Waals surface area contributed by atoms with Gasteiger partial charge in [0.05, 0.1) is 16.8 Å². The molecule has 0 saturated heterocycles. The van der Waals surface area contributed by atoms with Gasteiger partial charge in [-0.05, 0) is 25.0 Å². The number of aryl methyl sites for hydroxylation is 2. The largest absolute Gasteiger partial charge is 0.503 e. The summed E-state index contributed by atoms with van der Waals surface area (Å²) in [4.78, 5) is 15.5. The molecule has 126 valence electrons. The first-order valence-corrected chi connectivity index (χ1v) is 7.77. The summed E-state index contributed by atoms with van der Waals surface area (Å²) in [5.41, 5.74) is 0.234. The van der Waals surface area contributed by atoms with E-state index in [0.29, 0.717) is 35.8 Å². The summed E-state index contributed by atoms with van der Waals surface area (Å²) in [5.74, 6) is -2.19. The highest BCUT2D eigenvalue weighted by atomic mass is 19.1. The highest BCUT2D eigenvalue weighted by molar-refractivity contribution is 5.84. The van der Waals surface area contributed by atoms with Crippen LogP contribution in [0.15, 0.2) is 23.0 Å². The Morgan fingerprint density at radius 3 is 2.67 bits per heavy atom. The molecule has 1 aromatic carbocycles. The molecule has 5 nitrogen and oxygen atoms in total. The Balaban J connectivity index is 2.36. The second-order valence-corrected chi connectivity index (χ2v) is 5.55. The van der Waals surface area contributed by atoms with Gasteiger partial charge in [-0.25, -0.2) is 13.5 Å². The Labute approximate surface area is 136 Å². The van der Waals surface area contributed by atoms with Crippen LogP contribution < -0.4 is 5.43 Å². The van der Waals surface area contributed by atoms with E-state index in [0.717, 1.165) is 12.5 Å². The first-order valence-electron chi connectivity index (χ1n) is 7.77. The standard InChI is InChI=1S/C17H17F2N3O2/c1-3-7-22-17-13(12(4-2)21-22)15(23)16(24)14(20-17)10-6-5-9(18)8-11(10)19/h5-6,8,24H,3-4,7H2,1-2H3,(H,20,23). The van der Waals surface area contributed by atoms with Gasteiger partial charge in [-0.2, -0.15) is 5.10 Å². The van der Waals surface area contributed by atoms with E-state index in [1.165, 1.54) is 6.07 Å². The molecule has 0 atom stereocenters. The number of benzene rings is 1. The lowest BCUT2D eigenvalue weighted by Gasteiger charge is -2.08. The molecule has 3 aromatic rings. The number of aromatic nitrogens is 3. The second-order valence-electron chi connectivity index (χ2n) is 5.55. The predicted molar refractivity (Wildman–Crippen MR) is 87.0 cm³/mol. The van der Waals surface area contributed by atoms with Gasteiger partial charge in [0.2, 0.25) is 5.43 Å². The lowest BCUT2D eigenvalue weighted by molar-refractivity contribution is 0.470. The van der Waals surface area contributed by atoms with E-state index in [9.17, 15) is 18.7 Å². The minimum absolute atomic E-state index is 0.0739. The molecule has 0 radical (unpaired) electrons. The van der Waals surface area contributed by atoms with Crippen LogP contribution in [0.3, 0.4) is 0 Å². The summed E-state index contributed by atoms with van der Waals surface area (Å²) in [7, 11) is 0. The predicted octanol–water partition coefficient (Wildman–Crippen LogP) is 3.35. The number of pyridine rings is 1. The molecule has 0 aliphatic rings. The van der Waals surface area contributed by atoms with Gasteiger partial charge in [0.15, 0.2) is 5.75 Å². The first kappa shape index (κ1) is 16.2. The third-order valence-electron chi connectivity index (χ3n) is 3.92. The maximum absolute atomic E-state index is 14.1. The van der Waals surface area contributed by atoms with Crippen LogP contribution in [0.2, 0.25) is 0 Å². The van der Waals surface area contributed by atoms with Crippen molar-refractivity contribution in [2.75, 3.05) is 0 Å². The van der Waals surface area contributed by atoms with Crippen LogP contribution in [0.5, 0.6) is 5.75 Å². The minimum Gasteiger partial charge on any atom is -0.503 e. The summed E-state index contributed by atoms with van der Waals surface area (Å²) < 4.78 is 28.8. The summed E-state index contributed by atoms with van der Waals surface area (Å²) in [6.45, 7) is 4.41. The third-order valence-corrected chi connectivity index (χ3v) is 3.92. The molecule has 0 spiro atoms. The van der Waals surface area contributed by atoms with Crippen LogP contribution >= 0.6 is 0 Å². The number of halogens is 2. The van der Waals surface area contributed by atoms with E-state index >= 15 is 0 Å². The van der Waals surface area contributed by atoms with E-state index < -0.39 is 22.8 Å². The van der Waals surface area contributed by atoms with E-state index in [4.69, 9.17) is 0 Å². The number of H-pyrrole nitrogens is 1. The molecular formula is C17H17F2N3O2. The number of aromatic hydroxyl groups is 1. The molecule has 3 rings (SSSR count). The lowest BCUT2D eigenvalue weighted by atomic mass is 10.1. The topological polar surface area (TPSA) is 70.9 Å². The first-order chi connectivity index (χ1) is 11.5. The van der Waals surface area contributed by atoms with Crippen molar-refractivity contribution in [3.8, 4) is 17.0 Å². The van der Waals surface area contributed by atoms with Crippen molar-refractivity contribution in [3.05, 3.63) is 45.8 Å². The van der Waals surface area contributed by atoms with Crippen molar-refractivity contribution < 1.29 is 13.9 Å². The second kappa shape index (κ2) is 6.07. The zero-order valence-corrected chi connectivity index (χ0v) is 13.4. The third kappa shape index (κ3) is 2.46. The van der Waals surface area contributed by atoms with Gasteiger partial charge in [-0.15, -0.1) is 0 Å². The molecule has 24 heavy (non-hydrogen) atoms. The monoisotopic (exact) mass is 333 g/mol. The number of fused-ring (bicyclic) bond motifs is 1. The maximum atomic E-state index is 14.1. The Morgan fingerprint density at radius 2 is 2.04 bits per heavy atom. The van der Waals surface area contributed by atoms with Crippen molar-refractivity contribution >= 4 is 11.0 Å². The van der Waals surface area contributed by atoms with Gasteiger partial charge < -0.3 is 10.1 Å². The SMILES string of the molecule is CCCn1nc(CC)c2c(=O)c(O)c(-c3ccc(F)cc3F)[nH]c21. The van der Waals surface area contributed by atoms with Crippen LogP contribution in [0.25, 0.3) is 22.3 Å². The summed E-state index contributed by atoms with van der Waals surface area (Å²) in [6, 6.07) is 2.96. The van der Waals surface area contributed by atoms with Gasteiger partial charge in [0, 0.05) is 18.2 Å². The molecule has 0 aliphatic carbocycles. The normalized spacial score (nSPS) is 11.3. The van der Waals surface area contributed by atoms with Crippen molar-refractivity contribution in [3.63, 3.8) is 0 Å². The van der Waals surface area contributed by atoms with Crippen molar-refractivity contribution in [2.24, 2.45) is 0 Å². The van der Waals surface area contributed by atoms with E-state index in [1.807, 2.05) is 13.8 Å². The number of hydrogen-bond acceptors (Lipinski definition) is 3. The van der Waals surface area contributed by atoms with E-state index in [1.54, 1.807) is 4.68 Å². The molecule has 0 bridgehead atoms.